The number of rotatable bonds is 3. The van der Waals surface area contributed by atoms with Gasteiger partial charge in [-0.1, -0.05) is 44.1 Å². The zero-order valence-electron chi connectivity index (χ0n) is 12.9. The van der Waals surface area contributed by atoms with Gasteiger partial charge >= 0.3 is 0 Å². The number of fused-ring (bicyclic) bond motifs is 1. The lowest BCUT2D eigenvalue weighted by Gasteiger charge is -2.26. The Morgan fingerprint density at radius 1 is 1.33 bits per heavy atom. The molecule has 1 aromatic heterocycles. The Morgan fingerprint density at radius 3 is 2.76 bits per heavy atom. The van der Waals surface area contributed by atoms with Gasteiger partial charge in [0.05, 0.1) is 0 Å². The van der Waals surface area contributed by atoms with Crippen molar-refractivity contribution >= 4 is 5.69 Å². The van der Waals surface area contributed by atoms with Crippen LogP contribution in [0.5, 0.6) is 0 Å². The molecule has 0 saturated heterocycles. The van der Waals surface area contributed by atoms with Crippen LogP contribution in [0.3, 0.4) is 0 Å². The van der Waals surface area contributed by atoms with Crippen molar-refractivity contribution in [2.45, 2.75) is 39.3 Å². The number of anilines is 1. The Bertz CT molecular complexity index is 605. The van der Waals surface area contributed by atoms with E-state index in [2.05, 4.69) is 48.4 Å². The summed E-state index contributed by atoms with van der Waals surface area (Å²) in [6, 6.07) is 8.30. The number of benzene rings is 1. The van der Waals surface area contributed by atoms with Gasteiger partial charge in [-0.3, -0.25) is 0 Å². The summed E-state index contributed by atoms with van der Waals surface area (Å²) in [5.74, 6) is 1.23. The second kappa shape index (κ2) is 5.15. The molecule has 0 saturated carbocycles. The minimum atomic E-state index is -0.182. The first kappa shape index (κ1) is 14.1. The van der Waals surface area contributed by atoms with E-state index in [-0.39, 0.29) is 17.6 Å². The van der Waals surface area contributed by atoms with Crippen LogP contribution in [0.15, 0.2) is 28.8 Å². The van der Waals surface area contributed by atoms with E-state index in [1.165, 1.54) is 5.56 Å². The molecule has 0 fully saturated rings. The van der Waals surface area contributed by atoms with Crippen LogP contribution in [0.4, 0.5) is 5.69 Å². The highest BCUT2D eigenvalue weighted by Gasteiger charge is 2.33. The summed E-state index contributed by atoms with van der Waals surface area (Å²) in [7, 11) is 1.68. The lowest BCUT2D eigenvalue weighted by molar-refractivity contribution is 0.00718. The molecule has 1 aliphatic rings. The minimum Gasteiger partial charge on any atom is -0.373 e. The van der Waals surface area contributed by atoms with Crippen molar-refractivity contribution in [2.75, 3.05) is 12.4 Å². The summed E-state index contributed by atoms with van der Waals surface area (Å²) < 4.78 is 11.0. The molecule has 0 aliphatic carbocycles. The number of nitrogens with zero attached hydrogens (tertiary/aromatic N) is 2. The number of para-hydroxylation sites is 1. The van der Waals surface area contributed by atoms with Crippen LogP contribution < -0.4 is 5.32 Å². The Kier molecular flexibility index (Phi) is 3.45. The molecule has 21 heavy (non-hydrogen) atoms. The maximum absolute atomic E-state index is 5.53. The topological polar surface area (TPSA) is 60.2 Å². The van der Waals surface area contributed by atoms with Gasteiger partial charge in [-0.2, -0.15) is 4.98 Å². The zero-order valence-corrected chi connectivity index (χ0v) is 12.9. The van der Waals surface area contributed by atoms with Gasteiger partial charge in [-0.25, -0.2) is 0 Å². The molecule has 1 unspecified atom stereocenters. The maximum Gasteiger partial charge on any atom is 0.249 e. The number of ether oxygens (including phenoxy) is 1. The van der Waals surface area contributed by atoms with E-state index in [0.29, 0.717) is 11.7 Å². The molecule has 112 valence electrons. The average Bonchev–Trinajstić information content (AvgIpc) is 3.03. The summed E-state index contributed by atoms with van der Waals surface area (Å²) in [6.07, 6.45) is 0.684. The molecule has 1 N–H and O–H groups in total. The van der Waals surface area contributed by atoms with Gasteiger partial charge in [-0.05, 0) is 17.0 Å². The van der Waals surface area contributed by atoms with Gasteiger partial charge < -0.3 is 14.6 Å². The van der Waals surface area contributed by atoms with Crippen LogP contribution in [0, 0.1) is 5.41 Å². The largest absolute Gasteiger partial charge is 0.373 e. The molecular weight excluding hydrogens is 266 g/mol. The van der Waals surface area contributed by atoms with Gasteiger partial charge in [0.15, 0.2) is 0 Å². The predicted molar refractivity (Wildman–Crippen MR) is 80.0 cm³/mol. The van der Waals surface area contributed by atoms with Crippen LogP contribution in [-0.4, -0.2) is 17.3 Å². The van der Waals surface area contributed by atoms with Crippen molar-refractivity contribution in [3.8, 4) is 0 Å². The first-order chi connectivity index (χ1) is 9.99. The molecule has 1 aromatic carbocycles. The molecule has 0 radical (unpaired) electrons. The summed E-state index contributed by atoms with van der Waals surface area (Å²) in [4.78, 5) is 4.55. The fourth-order valence-electron chi connectivity index (χ4n) is 2.79. The molecule has 5 heteroatoms. The van der Waals surface area contributed by atoms with Crippen molar-refractivity contribution in [1.29, 1.82) is 0 Å². The molecule has 2 atom stereocenters. The normalized spacial score (nSPS) is 19.1. The average molecular weight is 287 g/mol. The second-order valence-electron chi connectivity index (χ2n) is 6.53. The van der Waals surface area contributed by atoms with Gasteiger partial charge in [0.2, 0.25) is 11.7 Å². The molecule has 2 aromatic rings. The highest BCUT2D eigenvalue weighted by molar-refractivity contribution is 5.56. The van der Waals surface area contributed by atoms with Crippen molar-refractivity contribution in [1.82, 2.24) is 10.1 Å². The fraction of sp³-hybridized carbons (Fsp3) is 0.500. The quantitative estimate of drug-likeness (QED) is 0.936. The Labute approximate surface area is 124 Å². The fourth-order valence-corrected chi connectivity index (χ4v) is 2.79. The van der Waals surface area contributed by atoms with Crippen molar-refractivity contribution in [3.05, 3.63) is 41.5 Å². The second-order valence-corrected chi connectivity index (χ2v) is 6.53. The van der Waals surface area contributed by atoms with E-state index in [9.17, 15) is 0 Å². The molecule has 0 bridgehead atoms. The van der Waals surface area contributed by atoms with Crippen molar-refractivity contribution < 1.29 is 9.26 Å². The van der Waals surface area contributed by atoms with Crippen LogP contribution in [0.25, 0.3) is 0 Å². The van der Waals surface area contributed by atoms with E-state index >= 15 is 0 Å². The first-order valence-electron chi connectivity index (χ1n) is 7.20. The number of nitrogens with one attached hydrogen (secondary N) is 1. The van der Waals surface area contributed by atoms with Crippen LogP contribution >= 0.6 is 0 Å². The van der Waals surface area contributed by atoms with Crippen LogP contribution in [-0.2, 0) is 11.2 Å². The Morgan fingerprint density at radius 2 is 2.10 bits per heavy atom. The smallest absolute Gasteiger partial charge is 0.249 e. The lowest BCUT2D eigenvalue weighted by atomic mass is 9.88. The molecule has 2 heterocycles. The highest BCUT2D eigenvalue weighted by atomic mass is 16.5. The third-order valence-corrected chi connectivity index (χ3v) is 3.78. The SMILES string of the molecule is COC(c1noc([C@@H]2Cc3ccccc3N2)n1)C(C)(C)C. The monoisotopic (exact) mass is 287 g/mol. The molecular formula is C16H21N3O2. The molecule has 1 aliphatic heterocycles. The number of aromatic nitrogens is 2. The summed E-state index contributed by atoms with van der Waals surface area (Å²) in [5.41, 5.74) is 2.34. The van der Waals surface area contributed by atoms with Gasteiger partial charge in [0, 0.05) is 19.2 Å². The molecule has 3 rings (SSSR count). The third-order valence-electron chi connectivity index (χ3n) is 3.78. The summed E-state index contributed by atoms with van der Waals surface area (Å²) in [6.45, 7) is 6.29. The van der Waals surface area contributed by atoms with E-state index in [1.807, 2.05) is 12.1 Å². The van der Waals surface area contributed by atoms with Crippen LogP contribution in [0.1, 0.15) is 50.2 Å². The Balaban J connectivity index is 1.81. The summed E-state index contributed by atoms with van der Waals surface area (Å²) >= 11 is 0. The zero-order chi connectivity index (χ0) is 15.0. The van der Waals surface area contributed by atoms with Gasteiger partial charge in [-0.15, -0.1) is 0 Å². The third kappa shape index (κ3) is 2.65. The highest BCUT2D eigenvalue weighted by Crippen LogP contribution is 2.36. The van der Waals surface area contributed by atoms with E-state index in [0.717, 1.165) is 12.1 Å². The first-order valence-corrected chi connectivity index (χ1v) is 7.20. The van der Waals surface area contributed by atoms with E-state index < -0.39 is 0 Å². The maximum atomic E-state index is 5.53. The standard InChI is InChI=1S/C16H21N3O2/c1-16(2,3)13(20-4)14-18-15(21-19-14)12-9-10-7-5-6-8-11(10)17-12/h5-8,12-13,17H,9H2,1-4H3/t12-,13?/m0/s1. The molecule has 0 spiro atoms. The summed E-state index contributed by atoms with van der Waals surface area (Å²) in [5, 5.41) is 7.53. The van der Waals surface area contributed by atoms with Crippen molar-refractivity contribution in [2.24, 2.45) is 5.41 Å². The predicted octanol–water partition coefficient (Wildman–Crippen LogP) is 3.51. The van der Waals surface area contributed by atoms with Gasteiger partial charge in [0.1, 0.15) is 12.1 Å². The van der Waals surface area contributed by atoms with Gasteiger partial charge in [0.25, 0.3) is 0 Å². The Hall–Kier alpha value is -1.88. The number of methoxy groups -OCH3 is 1. The number of hydrogen-bond acceptors (Lipinski definition) is 5. The molecule has 5 nitrogen and oxygen atoms in total. The minimum absolute atomic E-state index is 0.0427. The van der Waals surface area contributed by atoms with Crippen LogP contribution in [0.2, 0.25) is 0 Å². The van der Waals surface area contributed by atoms with E-state index in [4.69, 9.17) is 9.26 Å². The number of hydrogen-bond donors (Lipinski definition) is 1. The van der Waals surface area contributed by atoms with E-state index in [1.54, 1.807) is 7.11 Å². The van der Waals surface area contributed by atoms with Crippen molar-refractivity contribution in [3.63, 3.8) is 0 Å². The molecule has 0 amide bonds. The lowest BCUT2D eigenvalue weighted by Crippen LogP contribution is -2.21.